The third-order valence-corrected chi connectivity index (χ3v) is 6.48. The molecular weight excluding hydrogens is 458 g/mol. The fourth-order valence-electron chi connectivity index (χ4n) is 4.29. The number of hydrogen-bond acceptors (Lipinski definition) is 6. The molecule has 1 aliphatic rings. The van der Waals surface area contributed by atoms with Crippen LogP contribution in [0.5, 0.6) is 5.75 Å². The van der Waals surface area contributed by atoms with Gasteiger partial charge in [0.25, 0.3) is 5.91 Å². The molecule has 3 atom stereocenters. The molecule has 9 nitrogen and oxygen atoms in total. The van der Waals surface area contributed by atoms with Crippen LogP contribution < -0.4 is 15.4 Å². The van der Waals surface area contributed by atoms with Crippen LogP contribution in [0, 0.1) is 5.92 Å². The summed E-state index contributed by atoms with van der Waals surface area (Å²) in [6.45, 7) is 9.18. The van der Waals surface area contributed by atoms with Gasteiger partial charge in [-0.05, 0) is 49.1 Å². The van der Waals surface area contributed by atoms with Crippen molar-refractivity contribution in [2.45, 2.75) is 45.9 Å². The summed E-state index contributed by atoms with van der Waals surface area (Å²) in [6, 6.07) is 8.96. The molecular formula is C27H39N5O4. The van der Waals surface area contributed by atoms with Gasteiger partial charge in [-0.2, -0.15) is 0 Å². The van der Waals surface area contributed by atoms with E-state index in [2.05, 4.69) is 40.4 Å². The van der Waals surface area contributed by atoms with Gasteiger partial charge in [0.1, 0.15) is 12.4 Å². The topological polar surface area (TPSA) is 96.0 Å². The van der Waals surface area contributed by atoms with E-state index in [4.69, 9.17) is 9.47 Å². The molecule has 0 saturated heterocycles. The van der Waals surface area contributed by atoms with Gasteiger partial charge in [0.05, 0.1) is 11.7 Å². The Bertz CT molecular complexity index is 1000. The molecule has 1 aromatic heterocycles. The maximum atomic E-state index is 13.5. The lowest BCUT2D eigenvalue weighted by molar-refractivity contribution is 0.00920. The number of pyridine rings is 1. The molecule has 2 heterocycles. The summed E-state index contributed by atoms with van der Waals surface area (Å²) in [7, 11) is 3.45. The number of rotatable bonds is 6. The van der Waals surface area contributed by atoms with Gasteiger partial charge in [-0.3, -0.25) is 14.7 Å². The number of ether oxygens (including phenoxy) is 2. The number of fused-ring (bicyclic) bond motifs is 1. The SMILES string of the molecule is CCCNC(=O)Nc1ccc2c(c1)C(=O)N(C)C[C@@H](OC)[C@H](C)CN(Cc1cccnc1)[C@@H](C)CO2. The van der Waals surface area contributed by atoms with Gasteiger partial charge in [-0.25, -0.2) is 4.79 Å². The zero-order valence-corrected chi connectivity index (χ0v) is 22.0. The van der Waals surface area contributed by atoms with Crippen LogP contribution in [0.15, 0.2) is 42.7 Å². The number of hydrogen-bond donors (Lipinski definition) is 2. The van der Waals surface area contributed by atoms with Gasteiger partial charge in [0.15, 0.2) is 0 Å². The third kappa shape index (κ3) is 7.41. The summed E-state index contributed by atoms with van der Waals surface area (Å²) in [5, 5.41) is 5.59. The minimum absolute atomic E-state index is 0.0721. The lowest BCUT2D eigenvalue weighted by Gasteiger charge is -2.36. The molecule has 0 spiro atoms. The van der Waals surface area contributed by atoms with Crippen molar-refractivity contribution in [3.05, 3.63) is 53.9 Å². The van der Waals surface area contributed by atoms with E-state index in [0.29, 0.717) is 36.7 Å². The minimum atomic E-state index is -0.306. The maximum absolute atomic E-state index is 13.5. The number of carbonyl (C=O) groups excluding carboxylic acids is 2. The average Bonchev–Trinajstić information content (AvgIpc) is 2.88. The predicted molar refractivity (Wildman–Crippen MR) is 140 cm³/mol. The van der Waals surface area contributed by atoms with Gasteiger partial charge in [-0.1, -0.05) is 19.9 Å². The molecule has 3 amide bonds. The summed E-state index contributed by atoms with van der Waals surface area (Å²) in [5.41, 5.74) is 2.06. The molecule has 36 heavy (non-hydrogen) atoms. The first-order valence-corrected chi connectivity index (χ1v) is 12.5. The zero-order valence-electron chi connectivity index (χ0n) is 22.0. The van der Waals surface area contributed by atoms with Gasteiger partial charge in [0.2, 0.25) is 0 Å². The van der Waals surface area contributed by atoms with E-state index in [1.165, 1.54) is 0 Å². The number of likely N-dealkylation sites (N-methyl/N-ethyl adjacent to an activating group) is 1. The second kappa shape index (κ2) is 13.2. The largest absolute Gasteiger partial charge is 0.491 e. The lowest BCUT2D eigenvalue weighted by Crippen LogP contribution is -2.46. The first-order valence-electron chi connectivity index (χ1n) is 12.5. The summed E-state index contributed by atoms with van der Waals surface area (Å²) in [4.78, 5) is 33.9. The van der Waals surface area contributed by atoms with E-state index in [-0.39, 0.29) is 30.0 Å². The second-order valence-corrected chi connectivity index (χ2v) is 9.48. The van der Waals surface area contributed by atoms with Crippen LogP contribution in [0.25, 0.3) is 0 Å². The third-order valence-electron chi connectivity index (χ3n) is 6.48. The van der Waals surface area contributed by atoms with Crippen molar-refractivity contribution in [2.24, 2.45) is 5.92 Å². The van der Waals surface area contributed by atoms with Crippen molar-refractivity contribution < 1.29 is 19.1 Å². The molecule has 196 valence electrons. The van der Waals surface area contributed by atoms with E-state index < -0.39 is 0 Å². The molecule has 0 fully saturated rings. The Kier molecular flexibility index (Phi) is 10.1. The number of benzene rings is 1. The van der Waals surface area contributed by atoms with Crippen LogP contribution in [-0.4, -0.2) is 79.3 Å². The molecule has 1 aliphatic heterocycles. The number of nitrogens with one attached hydrogen (secondary N) is 2. The Hall–Kier alpha value is -3.17. The first-order chi connectivity index (χ1) is 17.3. The average molecular weight is 498 g/mol. The number of methoxy groups -OCH3 is 1. The Labute approximate surface area is 214 Å². The van der Waals surface area contributed by atoms with Crippen LogP contribution in [0.2, 0.25) is 0 Å². The number of nitrogens with zero attached hydrogens (tertiary/aromatic N) is 3. The van der Waals surface area contributed by atoms with Crippen molar-refractivity contribution in [3.63, 3.8) is 0 Å². The predicted octanol–water partition coefficient (Wildman–Crippen LogP) is 3.62. The molecule has 3 rings (SSSR count). The van der Waals surface area contributed by atoms with Crippen molar-refractivity contribution in [2.75, 3.05) is 45.7 Å². The van der Waals surface area contributed by atoms with Crippen molar-refractivity contribution >= 4 is 17.6 Å². The van der Waals surface area contributed by atoms with Gasteiger partial charge in [0, 0.05) is 64.5 Å². The monoisotopic (exact) mass is 497 g/mol. The normalized spacial score (nSPS) is 21.5. The van der Waals surface area contributed by atoms with Crippen LogP contribution in [0.3, 0.4) is 0 Å². The summed E-state index contributed by atoms with van der Waals surface area (Å²) in [5.74, 6) is 0.470. The summed E-state index contributed by atoms with van der Waals surface area (Å²) >= 11 is 0. The Morgan fingerprint density at radius 2 is 2.06 bits per heavy atom. The van der Waals surface area contributed by atoms with E-state index in [1.807, 2.05) is 19.2 Å². The van der Waals surface area contributed by atoms with Gasteiger partial charge in [-0.15, -0.1) is 0 Å². The quantitative estimate of drug-likeness (QED) is 0.633. The van der Waals surface area contributed by atoms with E-state index >= 15 is 0 Å². The molecule has 0 saturated carbocycles. The number of aromatic nitrogens is 1. The fraction of sp³-hybridized carbons (Fsp3) is 0.519. The minimum Gasteiger partial charge on any atom is -0.491 e. The molecule has 2 N–H and O–H groups in total. The molecule has 0 bridgehead atoms. The van der Waals surface area contributed by atoms with E-state index in [1.54, 1.807) is 43.5 Å². The van der Waals surface area contributed by atoms with Crippen LogP contribution >= 0.6 is 0 Å². The summed E-state index contributed by atoms with van der Waals surface area (Å²) < 4.78 is 12.0. The Balaban J connectivity index is 1.89. The van der Waals surface area contributed by atoms with Gasteiger partial charge >= 0.3 is 6.03 Å². The molecule has 0 radical (unpaired) electrons. The molecule has 2 aromatic rings. The van der Waals surface area contributed by atoms with Crippen molar-refractivity contribution in [1.29, 1.82) is 0 Å². The van der Waals surface area contributed by atoms with Crippen molar-refractivity contribution in [1.82, 2.24) is 20.1 Å². The van der Waals surface area contributed by atoms with Crippen molar-refractivity contribution in [3.8, 4) is 5.75 Å². The van der Waals surface area contributed by atoms with Crippen LogP contribution in [0.1, 0.15) is 43.1 Å². The molecule has 0 aliphatic carbocycles. The molecule has 1 aromatic carbocycles. The van der Waals surface area contributed by atoms with Crippen LogP contribution in [-0.2, 0) is 11.3 Å². The van der Waals surface area contributed by atoms with E-state index in [9.17, 15) is 9.59 Å². The maximum Gasteiger partial charge on any atom is 0.319 e. The Morgan fingerprint density at radius 3 is 2.75 bits per heavy atom. The summed E-state index contributed by atoms with van der Waals surface area (Å²) in [6.07, 6.45) is 4.35. The highest BCUT2D eigenvalue weighted by Gasteiger charge is 2.28. The smallest absolute Gasteiger partial charge is 0.319 e. The standard InChI is InChI=1S/C27H39N5O4/c1-6-11-29-27(34)30-22-9-10-24-23(13-22)26(33)31(4)17-25(35-5)19(2)15-32(20(3)18-36-24)16-21-8-7-12-28-14-21/h7-10,12-14,19-20,25H,6,11,15-18H2,1-5H3,(H2,29,30,34)/t19-,20+,25-/m1/s1. The molecule has 0 unspecified atom stereocenters. The first kappa shape index (κ1) is 27.4. The second-order valence-electron chi connectivity index (χ2n) is 9.48. The zero-order chi connectivity index (χ0) is 26.1. The highest BCUT2D eigenvalue weighted by Crippen LogP contribution is 2.26. The number of urea groups is 1. The van der Waals surface area contributed by atoms with Gasteiger partial charge < -0.3 is 25.0 Å². The van der Waals surface area contributed by atoms with E-state index in [0.717, 1.165) is 25.1 Å². The number of carbonyl (C=O) groups is 2. The fourth-order valence-corrected chi connectivity index (χ4v) is 4.29. The number of anilines is 1. The Morgan fingerprint density at radius 1 is 1.25 bits per heavy atom. The number of amides is 3. The molecule has 9 heteroatoms. The highest BCUT2D eigenvalue weighted by molar-refractivity contribution is 5.99. The van der Waals surface area contributed by atoms with Crippen LogP contribution in [0.4, 0.5) is 10.5 Å². The lowest BCUT2D eigenvalue weighted by atomic mass is 10.0. The highest BCUT2D eigenvalue weighted by atomic mass is 16.5.